The number of carbonyl (C=O) groups excluding carboxylic acids is 1. The summed E-state index contributed by atoms with van der Waals surface area (Å²) in [7, 11) is 1.52. The largest absolute Gasteiger partial charge is 0.460 e. The second-order valence-electron chi connectivity index (χ2n) is 8.56. The third-order valence-electron chi connectivity index (χ3n) is 6.06. The van der Waals surface area contributed by atoms with Gasteiger partial charge < -0.3 is 13.9 Å². The fourth-order valence-corrected chi connectivity index (χ4v) is 6.03. The van der Waals surface area contributed by atoms with Gasteiger partial charge in [0.15, 0.2) is 4.80 Å². The van der Waals surface area contributed by atoms with Crippen LogP contribution < -0.4 is 14.9 Å². The molecule has 200 valence electrons. The second kappa shape index (κ2) is 11.5. The van der Waals surface area contributed by atoms with Gasteiger partial charge in [0.25, 0.3) is 5.56 Å². The predicted molar refractivity (Wildman–Crippen MR) is 152 cm³/mol. The summed E-state index contributed by atoms with van der Waals surface area (Å²) in [5, 5.41) is 1.37. The molecule has 11 heteroatoms. The Morgan fingerprint density at radius 2 is 1.90 bits per heavy atom. The van der Waals surface area contributed by atoms with Crippen LogP contribution in [0, 0.1) is 0 Å². The minimum absolute atomic E-state index is 0.0598. The summed E-state index contributed by atoms with van der Waals surface area (Å²) in [5.74, 6) is 0.384. The van der Waals surface area contributed by atoms with E-state index in [2.05, 4.69) is 4.99 Å². The van der Waals surface area contributed by atoms with Crippen molar-refractivity contribution >= 4 is 58.2 Å². The van der Waals surface area contributed by atoms with E-state index in [0.717, 1.165) is 0 Å². The van der Waals surface area contributed by atoms with E-state index in [4.69, 9.17) is 48.7 Å². The number of fused-ring (bicyclic) bond motifs is 1. The number of benzene rings is 2. The number of halogens is 3. The monoisotopic (exact) mass is 602 g/mol. The van der Waals surface area contributed by atoms with E-state index < -0.39 is 12.0 Å². The molecule has 3 heterocycles. The molecule has 7 nitrogen and oxygen atoms in total. The van der Waals surface area contributed by atoms with Crippen LogP contribution in [0.3, 0.4) is 0 Å². The Morgan fingerprint density at radius 3 is 2.64 bits per heavy atom. The zero-order chi connectivity index (χ0) is 27.7. The number of furan rings is 1. The molecule has 0 saturated carbocycles. The van der Waals surface area contributed by atoms with Crippen LogP contribution in [-0.2, 0) is 14.3 Å². The molecular formula is C28H21Cl3N2O5S. The van der Waals surface area contributed by atoms with E-state index in [9.17, 15) is 9.59 Å². The molecule has 1 atom stereocenters. The Hall–Kier alpha value is -3.14. The molecule has 0 N–H and O–H groups in total. The first kappa shape index (κ1) is 27.4. The van der Waals surface area contributed by atoms with Gasteiger partial charge in [-0.25, -0.2) is 9.79 Å². The van der Waals surface area contributed by atoms with Crippen LogP contribution in [0.2, 0.25) is 15.1 Å². The van der Waals surface area contributed by atoms with Crippen molar-refractivity contribution in [3.8, 4) is 11.3 Å². The Bertz CT molecular complexity index is 1790. The van der Waals surface area contributed by atoms with Crippen molar-refractivity contribution in [3.05, 3.63) is 112 Å². The number of rotatable bonds is 7. The third kappa shape index (κ3) is 5.48. The minimum atomic E-state index is -0.827. The lowest BCUT2D eigenvalue weighted by Crippen LogP contribution is -2.40. The van der Waals surface area contributed by atoms with Gasteiger partial charge in [0, 0.05) is 28.8 Å². The number of methoxy groups -OCH3 is 1. The number of hydrogen-bond donors (Lipinski definition) is 0. The lowest BCUT2D eigenvalue weighted by atomic mass is 9.96. The van der Waals surface area contributed by atoms with Crippen molar-refractivity contribution in [2.24, 2.45) is 4.99 Å². The van der Waals surface area contributed by atoms with Crippen molar-refractivity contribution in [3.63, 3.8) is 0 Å². The van der Waals surface area contributed by atoms with E-state index in [0.29, 0.717) is 52.7 Å². The summed E-state index contributed by atoms with van der Waals surface area (Å²) in [4.78, 5) is 32.0. The summed E-state index contributed by atoms with van der Waals surface area (Å²) >= 11 is 20.1. The van der Waals surface area contributed by atoms with Crippen LogP contribution in [0.1, 0.15) is 24.3 Å². The number of carbonyl (C=O) groups is 1. The molecule has 0 radical (unpaired) electrons. The number of ether oxygens (including phenoxy) is 2. The maximum Gasteiger partial charge on any atom is 0.338 e. The molecule has 39 heavy (non-hydrogen) atoms. The summed E-state index contributed by atoms with van der Waals surface area (Å²) in [6, 6.07) is 14.9. The van der Waals surface area contributed by atoms with Crippen molar-refractivity contribution in [1.29, 1.82) is 0 Å². The molecule has 0 bridgehead atoms. The van der Waals surface area contributed by atoms with Crippen LogP contribution in [0.4, 0.5) is 0 Å². The van der Waals surface area contributed by atoms with Crippen LogP contribution in [-0.4, -0.2) is 30.9 Å². The Kier molecular flexibility index (Phi) is 8.11. The van der Waals surface area contributed by atoms with E-state index in [1.807, 2.05) is 0 Å². The molecule has 0 fully saturated rings. The van der Waals surface area contributed by atoms with Gasteiger partial charge >= 0.3 is 5.97 Å². The first-order valence-electron chi connectivity index (χ1n) is 11.8. The number of hydrogen-bond acceptors (Lipinski definition) is 7. The van der Waals surface area contributed by atoms with Crippen molar-refractivity contribution in [2.75, 3.05) is 20.3 Å². The molecule has 0 aliphatic carbocycles. The Labute approximate surface area is 242 Å². The Morgan fingerprint density at radius 1 is 1.10 bits per heavy atom. The molecule has 4 aromatic rings. The van der Waals surface area contributed by atoms with Gasteiger partial charge in [-0.1, -0.05) is 64.3 Å². The van der Waals surface area contributed by atoms with Gasteiger partial charge in [0.05, 0.1) is 27.4 Å². The quantitative estimate of drug-likeness (QED) is 0.202. The lowest BCUT2D eigenvalue weighted by molar-refractivity contribution is -0.140. The average Bonchev–Trinajstić information content (AvgIpc) is 3.48. The first-order valence-corrected chi connectivity index (χ1v) is 13.7. The Balaban J connectivity index is 1.61. The van der Waals surface area contributed by atoms with Gasteiger partial charge in [-0.15, -0.1) is 0 Å². The van der Waals surface area contributed by atoms with Crippen molar-refractivity contribution in [2.45, 2.75) is 13.0 Å². The molecular weight excluding hydrogens is 583 g/mol. The van der Waals surface area contributed by atoms with Crippen molar-refractivity contribution in [1.82, 2.24) is 4.57 Å². The molecule has 2 aromatic heterocycles. The molecule has 0 spiro atoms. The lowest BCUT2D eigenvalue weighted by Gasteiger charge is -2.25. The summed E-state index contributed by atoms with van der Waals surface area (Å²) < 4.78 is 18.2. The third-order valence-corrected chi connectivity index (χ3v) is 7.93. The van der Waals surface area contributed by atoms with Crippen LogP contribution in [0.15, 0.2) is 80.1 Å². The van der Waals surface area contributed by atoms with E-state index in [1.54, 1.807) is 67.6 Å². The molecule has 1 aliphatic rings. The van der Waals surface area contributed by atoms with Gasteiger partial charge in [0.2, 0.25) is 0 Å². The van der Waals surface area contributed by atoms with Gasteiger partial charge in [-0.2, -0.15) is 0 Å². The maximum atomic E-state index is 13.8. The van der Waals surface area contributed by atoms with Gasteiger partial charge in [0.1, 0.15) is 24.2 Å². The van der Waals surface area contributed by atoms with E-state index in [-0.39, 0.29) is 24.3 Å². The summed E-state index contributed by atoms with van der Waals surface area (Å²) in [6.45, 7) is 2.01. The van der Waals surface area contributed by atoms with Crippen LogP contribution in [0.25, 0.3) is 17.4 Å². The first-order chi connectivity index (χ1) is 18.8. The normalized spacial score (nSPS) is 15.3. The molecule has 5 rings (SSSR count). The van der Waals surface area contributed by atoms with Gasteiger partial charge in [-0.3, -0.25) is 9.36 Å². The summed E-state index contributed by atoms with van der Waals surface area (Å²) in [6.07, 6.45) is 1.64. The topological polar surface area (TPSA) is 83.0 Å². The number of esters is 1. The zero-order valence-corrected chi connectivity index (χ0v) is 23.8. The highest BCUT2D eigenvalue weighted by atomic mass is 35.5. The molecule has 0 saturated heterocycles. The summed E-state index contributed by atoms with van der Waals surface area (Å²) in [5.41, 5.74) is 1.58. The number of allylic oxidation sites excluding steroid dienone is 1. The average molecular weight is 604 g/mol. The fraction of sp³-hybridized carbons (Fsp3) is 0.179. The van der Waals surface area contributed by atoms with E-state index >= 15 is 0 Å². The fourth-order valence-electron chi connectivity index (χ4n) is 4.26. The highest BCUT2D eigenvalue weighted by Crippen LogP contribution is 2.35. The number of nitrogens with zero attached hydrogens (tertiary/aromatic N) is 2. The van der Waals surface area contributed by atoms with Crippen LogP contribution in [0.5, 0.6) is 0 Å². The minimum Gasteiger partial charge on any atom is -0.460 e. The van der Waals surface area contributed by atoms with Crippen LogP contribution >= 0.6 is 46.1 Å². The molecule has 0 amide bonds. The molecule has 0 unspecified atom stereocenters. The predicted octanol–water partition coefficient (Wildman–Crippen LogP) is 5.65. The van der Waals surface area contributed by atoms with Crippen molar-refractivity contribution < 1.29 is 18.7 Å². The molecule has 2 aromatic carbocycles. The SMILES string of the molecule is COCCOC(=O)C1=C(C)N=c2s/c(=C\c3ccc(-c4ccc(Cl)cc4Cl)o3)c(=O)n2[C@H]1c1ccccc1Cl. The second-order valence-corrected chi connectivity index (χ2v) is 10.8. The highest BCUT2D eigenvalue weighted by molar-refractivity contribution is 7.07. The highest BCUT2D eigenvalue weighted by Gasteiger charge is 2.34. The zero-order valence-electron chi connectivity index (χ0n) is 20.7. The van der Waals surface area contributed by atoms with E-state index in [1.165, 1.54) is 23.0 Å². The smallest absolute Gasteiger partial charge is 0.338 e. The maximum absolute atomic E-state index is 13.8. The number of thiazole rings is 1. The number of aromatic nitrogens is 1. The van der Waals surface area contributed by atoms with Gasteiger partial charge in [-0.05, 0) is 48.9 Å². The molecule has 1 aliphatic heterocycles. The standard InChI is InChI=1S/C28H21Cl3N2O5S/c1-15-24(27(35)37-12-11-36-2)25(19-5-3-4-6-20(19)30)33-26(34)23(39-28(33)32-15)14-17-8-10-22(38-17)18-9-7-16(29)13-21(18)31/h3-10,13-14,25H,11-12H2,1-2H3/b23-14-/t25-/m0/s1.